The van der Waals surface area contributed by atoms with Crippen LogP contribution >= 0.6 is 0 Å². The molecule has 128 valence electrons. The van der Waals surface area contributed by atoms with Crippen molar-refractivity contribution in [2.24, 2.45) is 0 Å². The molecule has 0 amide bonds. The zero-order chi connectivity index (χ0) is 17.2. The summed E-state index contributed by atoms with van der Waals surface area (Å²) in [7, 11) is 0. The number of aromatic amines is 1. The van der Waals surface area contributed by atoms with E-state index in [1.807, 2.05) is 18.2 Å². The standard InChI is InChI=1S/C18H18N4O3/c23-17-15-11-21(9-13-5-2-1-3-6-13)12-19-16(15)22(18(24)20-17)10-14-7-4-8-25-14/h1-8,19H,9-12H2,(H,20,23,24)/p+1. The number of anilines is 1. The first kappa shape index (κ1) is 15.5. The summed E-state index contributed by atoms with van der Waals surface area (Å²) >= 11 is 0. The predicted molar refractivity (Wildman–Crippen MR) is 92.4 cm³/mol. The summed E-state index contributed by atoms with van der Waals surface area (Å²) in [5.74, 6) is 1.25. The Bertz CT molecular complexity index is 974. The average Bonchev–Trinajstić information content (AvgIpc) is 3.13. The van der Waals surface area contributed by atoms with E-state index in [4.69, 9.17) is 4.42 Å². The second-order valence-corrected chi connectivity index (χ2v) is 6.19. The second-order valence-electron chi connectivity index (χ2n) is 6.19. The van der Waals surface area contributed by atoms with Gasteiger partial charge in [-0.25, -0.2) is 4.79 Å². The minimum absolute atomic E-state index is 0.284. The number of nitrogens with zero attached hydrogens (tertiary/aromatic N) is 1. The van der Waals surface area contributed by atoms with Gasteiger partial charge in [-0.15, -0.1) is 0 Å². The molecule has 1 unspecified atom stereocenters. The van der Waals surface area contributed by atoms with E-state index in [0.29, 0.717) is 30.4 Å². The molecule has 1 aromatic carbocycles. The van der Waals surface area contributed by atoms with Crippen LogP contribution in [0.15, 0.2) is 62.7 Å². The van der Waals surface area contributed by atoms with Gasteiger partial charge in [0.2, 0.25) is 0 Å². The molecule has 0 saturated heterocycles. The van der Waals surface area contributed by atoms with Crippen molar-refractivity contribution in [2.75, 3.05) is 12.0 Å². The SMILES string of the molecule is O=c1[nH]c(=O)n(Cc2ccco2)c2c1C[NH+](Cc1ccccc1)CN2. The molecule has 0 saturated carbocycles. The highest BCUT2D eigenvalue weighted by molar-refractivity contribution is 5.44. The number of benzene rings is 1. The van der Waals surface area contributed by atoms with Crippen molar-refractivity contribution < 1.29 is 9.32 Å². The van der Waals surface area contributed by atoms with Crippen molar-refractivity contribution in [2.45, 2.75) is 19.6 Å². The highest BCUT2D eigenvalue weighted by Crippen LogP contribution is 2.13. The molecule has 7 nitrogen and oxygen atoms in total. The van der Waals surface area contributed by atoms with Crippen molar-refractivity contribution >= 4 is 5.82 Å². The molecule has 7 heteroatoms. The Kier molecular flexibility index (Phi) is 3.99. The van der Waals surface area contributed by atoms with Gasteiger partial charge >= 0.3 is 5.69 Å². The molecular formula is C18H19N4O3+. The molecule has 0 bridgehead atoms. The molecule has 2 aromatic heterocycles. The number of H-pyrrole nitrogens is 1. The van der Waals surface area contributed by atoms with Gasteiger partial charge in [0.25, 0.3) is 5.56 Å². The van der Waals surface area contributed by atoms with E-state index in [2.05, 4.69) is 22.4 Å². The summed E-state index contributed by atoms with van der Waals surface area (Å²) < 4.78 is 6.85. The maximum absolute atomic E-state index is 12.3. The Morgan fingerprint density at radius 2 is 1.96 bits per heavy atom. The third-order valence-corrected chi connectivity index (χ3v) is 4.42. The van der Waals surface area contributed by atoms with E-state index in [0.717, 1.165) is 6.54 Å². The van der Waals surface area contributed by atoms with E-state index >= 15 is 0 Å². The minimum Gasteiger partial charge on any atom is -0.467 e. The van der Waals surface area contributed by atoms with E-state index in [1.54, 1.807) is 18.4 Å². The summed E-state index contributed by atoms with van der Waals surface area (Å²) in [5, 5.41) is 3.26. The molecule has 1 atom stereocenters. The monoisotopic (exact) mass is 339 g/mol. The third-order valence-electron chi connectivity index (χ3n) is 4.42. The largest absolute Gasteiger partial charge is 0.467 e. The first-order valence-corrected chi connectivity index (χ1v) is 8.20. The number of nitrogens with one attached hydrogen (secondary N) is 3. The number of rotatable bonds is 4. The van der Waals surface area contributed by atoms with Gasteiger partial charge in [-0.2, -0.15) is 0 Å². The summed E-state index contributed by atoms with van der Waals surface area (Å²) in [4.78, 5) is 28.2. The topological polar surface area (TPSA) is 84.5 Å². The fourth-order valence-corrected chi connectivity index (χ4v) is 3.22. The van der Waals surface area contributed by atoms with Gasteiger partial charge in [0, 0.05) is 5.56 Å². The Labute approximate surface area is 143 Å². The van der Waals surface area contributed by atoms with E-state index < -0.39 is 5.69 Å². The van der Waals surface area contributed by atoms with E-state index in [1.165, 1.54) is 15.0 Å². The highest BCUT2D eigenvalue weighted by atomic mass is 16.3. The molecule has 4 rings (SSSR count). The smallest absolute Gasteiger partial charge is 0.330 e. The zero-order valence-electron chi connectivity index (χ0n) is 13.6. The number of fused-ring (bicyclic) bond motifs is 1. The Hall–Kier alpha value is -3.06. The maximum atomic E-state index is 12.3. The first-order valence-electron chi connectivity index (χ1n) is 8.20. The number of furan rings is 1. The Balaban J connectivity index is 1.64. The molecule has 3 N–H and O–H groups in total. The van der Waals surface area contributed by atoms with Gasteiger partial charge in [-0.1, -0.05) is 30.3 Å². The lowest BCUT2D eigenvalue weighted by Gasteiger charge is -2.28. The molecular weight excluding hydrogens is 320 g/mol. The number of hydrogen-bond acceptors (Lipinski definition) is 4. The normalized spacial score (nSPS) is 16.2. The van der Waals surface area contributed by atoms with Crippen molar-refractivity contribution in [3.05, 3.63) is 86.5 Å². The molecule has 25 heavy (non-hydrogen) atoms. The van der Waals surface area contributed by atoms with Crippen molar-refractivity contribution in [3.8, 4) is 0 Å². The van der Waals surface area contributed by atoms with Crippen LogP contribution < -0.4 is 21.5 Å². The third kappa shape index (κ3) is 3.14. The van der Waals surface area contributed by atoms with Crippen LogP contribution in [0.5, 0.6) is 0 Å². The minimum atomic E-state index is -0.431. The van der Waals surface area contributed by atoms with Crippen molar-refractivity contribution in [1.29, 1.82) is 0 Å². The molecule has 3 aromatic rings. The van der Waals surface area contributed by atoms with Crippen LogP contribution in [0.4, 0.5) is 5.82 Å². The maximum Gasteiger partial charge on any atom is 0.330 e. The fourth-order valence-electron chi connectivity index (χ4n) is 3.22. The fraction of sp³-hybridized carbons (Fsp3) is 0.222. The molecule has 3 heterocycles. The zero-order valence-corrected chi connectivity index (χ0v) is 13.6. The second kappa shape index (κ2) is 6.45. The van der Waals surface area contributed by atoms with Crippen LogP contribution in [0, 0.1) is 0 Å². The summed E-state index contributed by atoms with van der Waals surface area (Å²) in [6.07, 6.45) is 1.57. The Morgan fingerprint density at radius 1 is 1.12 bits per heavy atom. The summed E-state index contributed by atoms with van der Waals surface area (Å²) in [5.41, 5.74) is 1.05. The molecule has 0 fully saturated rings. The van der Waals surface area contributed by atoms with Crippen LogP contribution in [0.1, 0.15) is 16.9 Å². The van der Waals surface area contributed by atoms with Gasteiger partial charge in [-0.3, -0.25) is 14.3 Å². The lowest BCUT2D eigenvalue weighted by molar-refractivity contribution is -0.926. The van der Waals surface area contributed by atoms with E-state index in [-0.39, 0.29) is 12.1 Å². The summed E-state index contributed by atoms with van der Waals surface area (Å²) in [6.45, 7) is 2.30. The van der Waals surface area contributed by atoms with Gasteiger partial charge in [0.1, 0.15) is 30.2 Å². The van der Waals surface area contributed by atoms with Gasteiger partial charge < -0.3 is 14.6 Å². The van der Waals surface area contributed by atoms with Gasteiger partial charge in [-0.05, 0) is 12.1 Å². The summed E-state index contributed by atoms with van der Waals surface area (Å²) in [6, 6.07) is 13.7. The predicted octanol–water partition coefficient (Wildman–Crippen LogP) is 0.146. The van der Waals surface area contributed by atoms with Crippen molar-refractivity contribution in [3.63, 3.8) is 0 Å². The molecule has 1 aliphatic rings. The first-order chi connectivity index (χ1) is 12.2. The number of hydrogen-bond donors (Lipinski definition) is 3. The molecule has 0 radical (unpaired) electrons. The van der Waals surface area contributed by atoms with Crippen LogP contribution in [-0.2, 0) is 19.6 Å². The Morgan fingerprint density at radius 3 is 2.72 bits per heavy atom. The van der Waals surface area contributed by atoms with Crippen LogP contribution in [0.3, 0.4) is 0 Å². The van der Waals surface area contributed by atoms with Crippen LogP contribution in [0.25, 0.3) is 0 Å². The number of aromatic nitrogens is 2. The highest BCUT2D eigenvalue weighted by Gasteiger charge is 2.25. The van der Waals surface area contributed by atoms with E-state index in [9.17, 15) is 9.59 Å². The molecule has 0 aliphatic carbocycles. The quantitative estimate of drug-likeness (QED) is 0.632. The average molecular weight is 339 g/mol. The lowest BCUT2D eigenvalue weighted by atomic mass is 10.2. The molecule has 1 aliphatic heterocycles. The van der Waals surface area contributed by atoms with Gasteiger partial charge in [0.05, 0.1) is 12.8 Å². The lowest BCUT2D eigenvalue weighted by Crippen LogP contribution is -3.11. The molecule has 0 spiro atoms. The number of quaternary nitrogens is 1. The van der Waals surface area contributed by atoms with Crippen LogP contribution in [0.2, 0.25) is 0 Å². The van der Waals surface area contributed by atoms with Crippen molar-refractivity contribution in [1.82, 2.24) is 9.55 Å². The van der Waals surface area contributed by atoms with Gasteiger partial charge in [0.15, 0.2) is 6.67 Å². The van der Waals surface area contributed by atoms with Crippen LogP contribution in [-0.4, -0.2) is 16.2 Å².